The van der Waals surface area contributed by atoms with Gasteiger partial charge in [0, 0.05) is 13.6 Å². The van der Waals surface area contributed by atoms with Crippen LogP contribution in [-0.4, -0.2) is 30.3 Å². The SMILES string of the molecule is Cc1nc(S[C@H](C)C(=O)Nc2ccccc2F)c2c(=O)n(C)c(=O)n(CC(C)C)c2n1. The van der Waals surface area contributed by atoms with E-state index in [1.165, 1.54) is 29.8 Å². The number of anilines is 1. The molecule has 0 aliphatic rings. The van der Waals surface area contributed by atoms with Crippen LogP contribution in [-0.2, 0) is 18.4 Å². The van der Waals surface area contributed by atoms with Crippen molar-refractivity contribution in [1.82, 2.24) is 19.1 Å². The number of fused-ring (bicyclic) bond motifs is 1. The molecule has 0 bridgehead atoms. The predicted octanol–water partition coefficient (Wildman–Crippen LogP) is 2.71. The van der Waals surface area contributed by atoms with E-state index in [2.05, 4.69) is 15.3 Å². The number of aromatic nitrogens is 4. The number of aryl methyl sites for hydroxylation is 1. The monoisotopic (exact) mass is 445 g/mol. The fraction of sp³-hybridized carbons (Fsp3) is 0.381. The summed E-state index contributed by atoms with van der Waals surface area (Å²) >= 11 is 1.06. The third-order valence-corrected chi connectivity index (χ3v) is 5.68. The average Bonchev–Trinajstić information content (AvgIpc) is 2.70. The van der Waals surface area contributed by atoms with Gasteiger partial charge in [-0.15, -0.1) is 0 Å². The maximum atomic E-state index is 13.9. The second-order valence-corrected chi connectivity index (χ2v) is 8.98. The van der Waals surface area contributed by atoms with Gasteiger partial charge in [0.15, 0.2) is 5.65 Å². The summed E-state index contributed by atoms with van der Waals surface area (Å²) in [7, 11) is 1.41. The van der Waals surface area contributed by atoms with E-state index in [0.29, 0.717) is 17.4 Å². The lowest BCUT2D eigenvalue weighted by molar-refractivity contribution is -0.115. The Morgan fingerprint density at radius 3 is 2.52 bits per heavy atom. The first-order valence-corrected chi connectivity index (χ1v) is 10.7. The summed E-state index contributed by atoms with van der Waals surface area (Å²) in [5.74, 6) is -0.452. The average molecular weight is 446 g/mol. The molecule has 3 rings (SSSR count). The van der Waals surface area contributed by atoms with Crippen molar-refractivity contribution >= 4 is 34.4 Å². The van der Waals surface area contributed by atoms with Gasteiger partial charge < -0.3 is 5.32 Å². The Bertz CT molecular complexity index is 1270. The first-order chi connectivity index (χ1) is 14.6. The molecule has 0 spiro atoms. The van der Waals surface area contributed by atoms with E-state index in [9.17, 15) is 18.8 Å². The minimum atomic E-state index is -0.688. The highest BCUT2D eigenvalue weighted by molar-refractivity contribution is 8.00. The van der Waals surface area contributed by atoms with Crippen LogP contribution in [0.2, 0.25) is 0 Å². The first kappa shape index (κ1) is 22.7. The molecule has 0 aliphatic carbocycles. The largest absolute Gasteiger partial charge is 0.332 e. The molecule has 0 fully saturated rings. The molecule has 0 saturated heterocycles. The molecule has 0 radical (unpaired) electrons. The molecule has 0 unspecified atom stereocenters. The van der Waals surface area contributed by atoms with Crippen LogP contribution in [0.3, 0.4) is 0 Å². The molecule has 3 aromatic rings. The standard InChI is InChI=1S/C21H24FN5O3S/c1-11(2)10-27-17-16(20(29)26(5)21(27)30)19(24-13(4)23-17)31-12(3)18(28)25-15-9-7-6-8-14(15)22/h6-9,11-12H,10H2,1-5H3,(H,25,28)/t12-/m1/s1. The van der Waals surface area contributed by atoms with Gasteiger partial charge in [-0.05, 0) is 31.9 Å². The third kappa shape index (κ3) is 4.68. The number of amides is 1. The highest BCUT2D eigenvalue weighted by Crippen LogP contribution is 2.27. The van der Waals surface area contributed by atoms with Crippen LogP contribution in [0.1, 0.15) is 26.6 Å². The molecule has 1 aromatic carbocycles. The third-order valence-electron chi connectivity index (χ3n) is 4.60. The van der Waals surface area contributed by atoms with Gasteiger partial charge in [-0.3, -0.25) is 18.7 Å². The van der Waals surface area contributed by atoms with E-state index >= 15 is 0 Å². The summed E-state index contributed by atoms with van der Waals surface area (Å²) in [5.41, 5.74) is -0.654. The van der Waals surface area contributed by atoms with Gasteiger partial charge in [0.2, 0.25) is 5.91 Å². The van der Waals surface area contributed by atoms with Crippen LogP contribution in [0.5, 0.6) is 0 Å². The molecule has 2 aromatic heterocycles. The zero-order valence-electron chi connectivity index (χ0n) is 18.0. The number of rotatable bonds is 6. The van der Waals surface area contributed by atoms with Gasteiger partial charge in [0.1, 0.15) is 22.1 Å². The van der Waals surface area contributed by atoms with Crippen LogP contribution in [0, 0.1) is 18.7 Å². The lowest BCUT2D eigenvalue weighted by Gasteiger charge is -2.16. The molecule has 1 amide bonds. The van der Waals surface area contributed by atoms with Crippen molar-refractivity contribution in [3.05, 3.63) is 56.7 Å². The zero-order valence-corrected chi connectivity index (χ0v) is 18.8. The van der Waals surface area contributed by atoms with Gasteiger partial charge in [-0.2, -0.15) is 0 Å². The fourth-order valence-corrected chi connectivity index (χ4v) is 4.06. The molecule has 10 heteroatoms. The molecule has 0 saturated carbocycles. The summed E-state index contributed by atoms with van der Waals surface area (Å²) in [6.45, 7) is 7.60. The van der Waals surface area contributed by atoms with Crippen molar-refractivity contribution in [3.63, 3.8) is 0 Å². The van der Waals surface area contributed by atoms with E-state index in [1.54, 1.807) is 19.9 Å². The number of nitrogens with zero attached hydrogens (tertiary/aromatic N) is 4. The predicted molar refractivity (Wildman–Crippen MR) is 119 cm³/mol. The van der Waals surface area contributed by atoms with E-state index in [0.717, 1.165) is 16.3 Å². The normalized spacial score (nSPS) is 12.4. The van der Waals surface area contributed by atoms with Crippen LogP contribution < -0.4 is 16.6 Å². The lowest BCUT2D eigenvalue weighted by Crippen LogP contribution is -2.39. The second-order valence-electron chi connectivity index (χ2n) is 7.65. The smallest absolute Gasteiger partial charge is 0.323 e. The van der Waals surface area contributed by atoms with Gasteiger partial charge in [0.05, 0.1) is 10.9 Å². The number of nitrogens with one attached hydrogen (secondary N) is 1. The van der Waals surface area contributed by atoms with Gasteiger partial charge in [-0.25, -0.2) is 19.2 Å². The summed E-state index contributed by atoms with van der Waals surface area (Å²) in [5, 5.41) is 2.35. The highest BCUT2D eigenvalue weighted by atomic mass is 32.2. The van der Waals surface area contributed by atoms with Gasteiger partial charge in [-0.1, -0.05) is 37.7 Å². The van der Waals surface area contributed by atoms with Crippen molar-refractivity contribution < 1.29 is 9.18 Å². The Kier molecular flexibility index (Phi) is 6.59. The lowest BCUT2D eigenvalue weighted by atomic mass is 10.2. The van der Waals surface area contributed by atoms with Crippen molar-refractivity contribution in [3.8, 4) is 0 Å². The van der Waals surface area contributed by atoms with E-state index in [-0.39, 0.29) is 22.6 Å². The van der Waals surface area contributed by atoms with Gasteiger partial charge in [0.25, 0.3) is 5.56 Å². The van der Waals surface area contributed by atoms with Crippen LogP contribution in [0.4, 0.5) is 10.1 Å². The van der Waals surface area contributed by atoms with Gasteiger partial charge >= 0.3 is 5.69 Å². The van der Waals surface area contributed by atoms with Crippen LogP contribution in [0.25, 0.3) is 11.0 Å². The summed E-state index contributed by atoms with van der Waals surface area (Å²) in [4.78, 5) is 47.0. The van der Waals surface area contributed by atoms with Crippen LogP contribution >= 0.6 is 11.8 Å². The van der Waals surface area contributed by atoms with Crippen LogP contribution in [0.15, 0.2) is 38.9 Å². The minimum absolute atomic E-state index is 0.0744. The zero-order chi connectivity index (χ0) is 22.9. The highest BCUT2D eigenvalue weighted by Gasteiger charge is 2.23. The molecular weight excluding hydrogens is 421 g/mol. The topological polar surface area (TPSA) is 98.9 Å². The summed E-state index contributed by atoms with van der Waals surface area (Å²) in [6, 6.07) is 5.88. The Balaban J connectivity index is 2.05. The number of carbonyl (C=O) groups is 1. The van der Waals surface area contributed by atoms with Crippen molar-refractivity contribution in [2.45, 2.75) is 44.5 Å². The molecule has 0 aliphatic heterocycles. The Morgan fingerprint density at radius 1 is 1.19 bits per heavy atom. The number of hydrogen-bond acceptors (Lipinski definition) is 6. The fourth-order valence-electron chi connectivity index (χ4n) is 3.07. The van der Waals surface area contributed by atoms with E-state index in [4.69, 9.17) is 0 Å². The number of halogens is 1. The number of carbonyl (C=O) groups excluding carboxylic acids is 1. The molecule has 31 heavy (non-hydrogen) atoms. The molecular formula is C21H24FN5O3S. The molecule has 2 heterocycles. The van der Waals surface area contributed by atoms with E-state index < -0.39 is 28.2 Å². The first-order valence-electron chi connectivity index (χ1n) is 9.80. The quantitative estimate of drug-likeness (QED) is 0.463. The van der Waals surface area contributed by atoms with Crippen molar-refractivity contribution in [2.24, 2.45) is 13.0 Å². The Hall–Kier alpha value is -3.01. The number of benzene rings is 1. The van der Waals surface area contributed by atoms with E-state index in [1.807, 2.05) is 13.8 Å². The Labute approximate surface area is 182 Å². The molecule has 8 nitrogen and oxygen atoms in total. The summed E-state index contributed by atoms with van der Waals surface area (Å²) < 4.78 is 16.4. The molecule has 1 atom stereocenters. The van der Waals surface area contributed by atoms with Crippen molar-refractivity contribution in [1.29, 1.82) is 0 Å². The Morgan fingerprint density at radius 2 is 1.87 bits per heavy atom. The minimum Gasteiger partial charge on any atom is -0.323 e. The summed E-state index contributed by atoms with van der Waals surface area (Å²) in [6.07, 6.45) is 0. The maximum absolute atomic E-state index is 13.9. The van der Waals surface area contributed by atoms with Crippen molar-refractivity contribution in [2.75, 3.05) is 5.32 Å². The molecule has 1 N–H and O–H groups in total. The second kappa shape index (κ2) is 9.01. The maximum Gasteiger partial charge on any atom is 0.332 e. The molecule has 164 valence electrons. The number of hydrogen-bond donors (Lipinski definition) is 1. The number of thioether (sulfide) groups is 1. The number of para-hydroxylation sites is 1.